The van der Waals surface area contributed by atoms with Crippen molar-refractivity contribution in [3.63, 3.8) is 0 Å². The zero-order valence-corrected chi connectivity index (χ0v) is 20.7. The van der Waals surface area contributed by atoms with Gasteiger partial charge in [0, 0.05) is 31.5 Å². The number of nitrogens with one attached hydrogen (secondary N) is 2. The molecule has 0 radical (unpaired) electrons. The van der Waals surface area contributed by atoms with Crippen LogP contribution in [-0.2, 0) is 9.53 Å². The van der Waals surface area contributed by atoms with Crippen LogP contribution in [-0.4, -0.2) is 55.6 Å². The number of benzene rings is 2. The first-order valence-electron chi connectivity index (χ1n) is 11.4. The number of amides is 1. The van der Waals surface area contributed by atoms with E-state index in [1.54, 1.807) is 14.2 Å². The van der Waals surface area contributed by atoms with Crippen LogP contribution in [0.1, 0.15) is 31.9 Å². The molecule has 1 saturated heterocycles. The van der Waals surface area contributed by atoms with Gasteiger partial charge >= 0.3 is 0 Å². The van der Waals surface area contributed by atoms with Gasteiger partial charge in [0.15, 0.2) is 22.3 Å². The fraction of sp³-hybridized carbons (Fsp3) is 0.440. The number of methoxy groups -OCH3 is 2. The number of nitrogens with zero attached hydrogens (tertiary/aromatic N) is 1. The molecule has 3 atom stereocenters. The lowest BCUT2D eigenvalue weighted by atomic mass is 9.78. The first-order valence-corrected chi connectivity index (χ1v) is 11.8. The Hall–Kier alpha value is -3.04. The minimum atomic E-state index is -1.03. The van der Waals surface area contributed by atoms with Gasteiger partial charge in [-0.1, -0.05) is 12.1 Å². The maximum Gasteiger partial charge on any atom is 0.236 e. The maximum atomic E-state index is 13.8. The second kappa shape index (κ2) is 10.1. The van der Waals surface area contributed by atoms with E-state index in [4.69, 9.17) is 31.2 Å². The van der Waals surface area contributed by atoms with Crippen LogP contribution < -0.4 is 24.8 Å². The van der Waals surface area contributed by atoms with Gasteiger partial charge in [-0.05, 0) is 62.8 Å². The minimum Gasteiger partial charge on any atom is -0.497 e. The standard InChI is InChI=1S/C25H31N3O5S/c1-5-32-19-9-6-8-18-21-20(23(29)26-16-10-12-17(31-4)13-11-16)25(2,33-22(18)19)28(24(34)27-21)14-7-15-30-3/h6,8-13,20-21H,5,7,14-15H2,1-4H3,(H,26,29)(H,27,34)/t20-,21-,25-/m1/s1. The SMILES string of the molecule is CCOc1cccc2c1O[C@]1(C)[C@@H](C(=O)Nc3ccc(OC)cc3)[C@@H]2NC(=S)N1CCCOC. The van der Waals surface area contributed by atoms with E-state index in [0.29, 0.717) is 42.1 Å². The third-order valence-corrected chi connectivity index (χ3v) is 6.63. The Labute approximate surface area is 205 Å². The van der Waals surface area contributed by atoms with Gasteiger partial charge < -0.3 is 34.5 Å². The first kappa shape index (κ1) is 24.1. The van der Waals surface area contributed by atoms with E-state index < -0.39 is 11.6 Å². The van der Waals surface area contributed by atoms with Crippen molar-refractivity contribution in [1.29, 1.82) is 0 Å². The van der Waals surface area contributed by atoms with Crippen molar-refractivity contribution in [2.45, 2.75) is 32.0 Å². The number of hydrogen-bond donors (Lipinski definition) is 2. The fourth-order valence-electron chi connectivity index (χ4n) is 4.69. The van der Waals surface area contributed by atoms with Crippen LogP contribution in [0.15, 0.2) is 42.5 Å². The number of ether oxygens (including phenoxy) is 4. The molecule has 0 spiro atoms. The van der Waals surface area contributed by atoms with Crippen LogP contribution in [0.5, 0.6) is 17.2 Å². The summed E-state index contributed by atoms with van der Waals surface area (Å²) in [6.45, 7) is 5.50. The van der Waals surface area contributed by atoms with Crippen molar-refractivity contribution in [1.82, 2.24) is 10.2 Å². The molecule has 2 aliphatic heterocycles. The van der Waals surface area contributed by atoms with Crippen LogP contribution in [0, 0.1) is 5.92 Å². The number of anilines is 1. The third-order valence-electron chi connectivity index (χ3n) is 6.29. The molecule has 2 N–H and O–H groups in total. The van der Waals surface area contributed by atoms with E-state index in [-0.39, 0.29) is 11.9 Å². The molecule has 1 amide bonds. The molecule has 9 heteroatoms. The highest BCUT2D eigenvalue weighted by molar-refractivity contribution is 7.80. The lowest BCUT2D eigenvalue weighted by Crippen LogP contribution is -2.71. The van der Waals surface area contributed by atoms with E-state index in [0.717, 1.165) is 17.7 Å². The average molecular weight is 486 g/mol. The molecule has 2 aliphatic rings. The van der Waals surface area contributed by atoms with Crippen LogP contribution in [0.3, 0.4) is 0 Å². The summed E-state index contributed by atoms with van der Waals surface area (Å²) in [6, 6.07) is 12.6. The lowest BCUT2D eigenvalue weighted by molar-refractivity contribution is -0.150. The molecule has 34 heavy (non-hydrogen) atoms. The summed E-state index contributed by atoms with van der Waals surface area (Å²) < 4.78 is 23.0. The lowest BCUT2D eigenvalue weighted by Gasteiger charge is -2.56. The molecular formula is C25H31N3O5S. The van der Waals surface area contributed by atoms with Crippen molar-refractivity contribution < 1.29 is 23.7 Å². The smallest absolute Gasteiger partial charge is 0.236 e. The monoisotopic (exact) mass is 485 g/mol. The van der Waals surface area contributed by atoms with Gasteiger partial charge in [-0.15, -0.1) is 0 Å². The second-order valence-corrected chi connectivity index (χ2v) is 8.77. The molecule has 0 aliphatic carbocycles. The van der Waals surface area contributed by atoms with Crippen LogP contribution in [0.25, 0.3) is 0 Å². The molecule has 182 valence electrons. The quantitative estimate of drug-likeness (QED) is 0.411. The predicted molar refractivity (Wildman–Crippen MR) is 133 cm³/mol. The van der Waals surface area contributed by atoms with Crippen molar-refractivity contribution in [3.8, 4) is 17.2 Å². The summed E-state index contributed by atoms with van der Waals surface area (Å²) >= 11 is 5.73. The zero-order valence-electron chi connectivity index (χ0n) is 19.9. The minimum absolute atomic E-state index is 0.170. The average Bonchev–Trinajstić information content (AvgIpc) is 2.82. The first-order chi connectivity index (χ1) is 16.4. The van der Waals surface area contributed by atoms with Gasteiger partial charge in [0.25, 0.3) is 0 Å². The number of para-hydroxylation sites is 1. The normalized spacial score (nSPS) is 22.8. The molecule has 1 fully saturated rings. The zero-order chi connectivity index (χ0) is 24.3. The molecule has 4 rings (SSSR count). The molecule has 0 unspecified atom stereocenters. The van der Waals surface area contributed by atoms with Crippen molar-refractivity contribution in [3.05, 3.63) is 48.0 Å². The van der Waals surface area contributed by atoms with E-state index in [1.165, 1.54) is 0 Å². The van der Waals surface area contributed by atoms with Crippen molar-refractivity contribution in [2.24, 2.45) is 5.92 Å². The molecule has 8 nitrogen and oxygen atoms in total. The van der Waals surface area contributed by atoms with E-state index in [1.807, 2.05) is 61.2 Å². The summed E-state index contributed by atoms with van der Waals surface area (Å²) in [5.41, 5.74) is 0.490. The van der Waals surface area contributed by atoms with Gasteiger partial charge in [-0.3, -0.25) is 4.79 Å². The van der Waals surface area contributed by atoms with E-state index in [9.17, 15) is 4.79 Å². The topological polar surface area (TPSA) is 81.3 Å². The molecule has 2 bridgehead atoms. The highest BCUT2D eigenvalue weighted by Crippen LogP contribution is 2.51. The van der Waals surface area contributed by atoms with Gasteiger partial charge in [0.1, 0.15) is 11.7 Å². The summed E-state index contributed by atoms with van der Waals surface area (Å²) in [5.74, 6) is 1.25. The van der Waals surface area contributed by atoms with Gasteiger partial charge in [-0.2, -0.15) is 0 Å². The largest absolute Gasteiger partial charge is 0.497 e. The highest BCUT2D eigenvalue weighted by atomic mass is 32.1. The van der Waals surface area contributed by atoms with E-state index >= 15 is 0 Å². The number of hydrogen-bond acceptors (Lipinski definition) is 6. The summed E-state index contributed by atoms with van der Waals surface area (Å²) in [5, 5.41) is 7.01. The molecule has 2 aromatic carbocycles. The fourth-order valence-corrected chi connectivity index (χ4v) is 5.09. The van der Waals surface area contributed by atoms with Gasteiger partial charge in [0.2, 0.25) is 5.91 Å². The molecule has 0 aromatic heterocycles. The molecular weight excluding hydrogens is 454 g/mol. The van der Waals surface area contributed by atoms with Gasteiger partial charge in [-0.25, -0.2) is 0 Å². The van der Waals surface area contributed by atoms with Crippen LogP contribution in [0.4, 0.5) is 5.69 Å². The van der Waals surface area contributed by atoms with Crippen LogP contribution in [0.2, 0.25) is 0 Å². The Morgan fingerprint density at radius 1 is 1.24 bits per heavy atom. The second-order valence-electron chi connectivity index (χ2n) is 8.38. The number of carbonyl (C=O) groups is 1. The number of rotatable bonds is 9. The Bertz CT molecular complexity index is 1050. The Morgan fingerprint density at radius 3 is 2.68 bits per heavy atom. The third kappa shape index (κ3) is 4.37. The molecule has 2 heterocycles. The maximum absolute atomic E-state index is 13.8. The Kier molecular flexibility index (Phi) is 7.13. The van der Waals surface area contributed by atoms with Gasteiger partial charge in [0.05, 0.1) is 19.8 Å². The summed E-state index contributed by atoms with van der Waals surface area (Å²) in [4.78, 5) is 15.7. The predicted octanol–water partition coefficient (Wildman–Crippen LogP) is 3.73. The molecule has 0 saturated carbocycles. The Morgan fingerprint density at radius 2 is 2.00 bits per heavy atom. The summed E-state index contributed by atoms with van der Waals surface area (Å²) in [7, 11) is 3.27. The van der Waals surface area contributed by atoms with Crippen molar-refractivity contribution >= 4 is 28.9 Å². The van der Waals surface area contributed by atoms with Crippen LogP contribution >= 0.6 is 12.2 Å². The van der Waals surface area contributed by atoms with Crippen molar-refractivity contribution in [2.75, 3.05) is 39.3 Å². The molecule has 2 aromatic rings. The Balaban J connectivity index is 1.73. The number of fused-ring (bicyclic) bond motifs is 4. The van der Waals surface area contributed by atoms with E-state index in [2.05, 4.69) is 10.6 Å². The highest BCUT2D eigenvalue weighted by Gasteiger charge is 2.59. The number of thiocarbonyl (C=S) groups is 1. The number of carbonyl (C=O) groups excluding carboxylic acids is 1. The summed E-state index contributed by atoms with van der Waals surface area (Å²) in [6.07, 6.45) is 0.731.